The number of halogens is 1. The first-order chi connectivity index (χ1) is 8.13. The van der Waals surface area contributed by atoms with E-state index in [0.717, 1.165) is 0 Å². The maximum Gasteiger partial charge on any atom is 0.180 e. The van der Waals surface area contributed by atoms with Crippen molar-refractivity contribution in [1.29, 1.82) is 5.26 Å². The van der Waals surface area contributed by atoms with Gasteiger partial charge < -0.3 is 4.74 Å². The van der Waals surface area contributed by atoms with E-state index in [1.54, 1.807) is 18.2 Å². The van der Waals surface area contributed by atoms with Gasteiger partial charge in [0.05, 0.1) is 17.7 Å². The highest BCUT2D eigenvalue weighted by Gasteiger charge is 2.18. The minimum Gasteiger partial charge on any atom is -0.492 e. The van der Waals surface area contributed by atoms with Crippen LogP contribution in [0.1, 0.15) is 30.6 Å². The van der Waals surface area contributed by atoms with Gasteiger partial charge in [0.2, 0.25) is 0 Å². The maximum absolute atomic E-state index is 11.9. The fourth-order valence-electron chi connectivity index (χ4n) is 1.46. The summed E-state index contributed by atoms with van der Waals surface area (Å²) in [5, 5.41) is 9.23. The number of nitrogens with zero attached hydrogens (tertiary/aromatic N) is 1. The Labute approximate surface area is 106 Å². The van der Waals surface area contributed by atoms with Gasteiger partial charge in [-0.3, -0.25) is 4.79 Å². The van der Waals surface area contributed by atoms with Crippen LogP contribution in [0.5, 0.6) is 5.75 Å². The average molecular weight is 252 g/mol. The third-order valence-electron chi connectivity index (χ3n) is 2.40. The van der Waals surface area contributed by atoms with E-state index in [0.29, 0.717) is 29.4 Å². The third-order valence-corrected chi connectivity index (χ3v) is 2.69. The largest absolute Gasteiger partial charge is 0.492 e. The fraction of sp³-hybridized carbons (Fsp3) is 0.385. The molecule has 0 aliphatic heterocycles. The zero-order valence-electron chi connectivity index (χ0n) is 9.87. The molecule has 0 radical (unpaired) electrons. The molecule has 0 fully saturated rings. The molecule has 1 unspecified atom stereocenters. The number of Topliss-reactive ketones (excluding diaryl/α,β-unsaturated/α-hetero) is 1. The molecule has 1 aromatic carbocycles. The van der Waals surface area contributed by atoms with Gasteiger partial charge in [0.15, 0.2) is 5.78 Å². The smallest absolute Gasteiger partial charge is 0.180 e. The summed E-state index contributed by atoms with van der Waals surface area (Å²) >= 11 is 5.98. The van der Waals surface area contributed by atoms with Crippen molar-refractivity contribution < 1.29 is 9.53 Å². The number of benzene rings is 1. The molecule has 3 nitrogen and oxygen atoms in total. The van der Waals surface area contributed by atoms with Crippen molar-refractivity contribution in [1.82, 2.24) is 0 Å². The zero-order valence-corrected chi connectivity index (χ0v) is 10.6. The molecule has 0 heterocycles. The van der Waals surface area contributed by atoms with Crippen molar-refractivity contribution in [3.05, 3.63) is 28.8 Å². The number of hydrogen-bond acceptors (Lipinski definition) is 3. The highest BCUT2D eigenvalue weighted by atomic mass is 35.5. The Balaban J connectivity index is 2.98. The monoisotopic (exact) mass is 251 g/mol. The van der Waals surface area contributed by atoms with Gasteiger partial charge in [0.1, 0.15) is 11.7 Å². The third kappa shape index (κ3) is 3.21. The van der Waals surface area contributed by atoms with Crippen molar-refractivity contribution >= 4 is 17.4 Å². The van der Waals surface area contributed by atoms with Crippen molar-refractivity contribution in [2.75, 3.05) is 6.61 Å². The molecule has 0 N–H and O–H groups in total. The predicted octanol–water partition coefficient (Wildman–Crippen LogP) is 3.47. The first kappa shape index (κ1) is 13.5. The summed E-state index contributed by atoms with van der Waals surface area (Å²) in [5.74, 6) is -0.250. The molecule has 0 bridgehead atoms. The summed E-state index contributed by atoms with van der Waals surface area (Å²) < 4.78 is 5.28. The summed E-state index contributed by atoms with van der Waals surface area (Å²) in [4.78, 5) is 11.9. The Morgan fingerprint density at radius 1 is 1.53 bits per heavy atom. The fourth-order valence-corrected chi connectivity index (χ4v) is 1.70. The van der Waals surface area contributed by atoms with E-state index in [1.807, 2.05) is 19.9 Å². The molecule has 0 aliphatic carbocycles. The van der Waals surface area contributed by atoms with Crippen molar-refractivity contribution in [3.8, 4) is 11.8 Å². The number of carbonyl (C=O) groups excluding carboxylic acids is 1. The molecule has 90 valence electrons. The summed E-state index contributed by atoms with van der Waals surface area (Å²) in [6.45, 7) is 4.18. The average Bonchev–Trinajstić information content (AvgIpc) is 2.33. The molecular formula is C13H14ClNO2. The molecule has 1 rings (SSSR count). The Hall–Kier alpha value is -1.53. The van der Waals surface area contributed by atoms with Crippen LogP contribution >= 0.6 is 11.6 Å². The Morgan fingerprint density at radius 3 is 2.71 bits per heavy atom. The second-order valence-electron chi connectivity index (χ2n) is 3.53. The minimum absolute atomic E-state index is 0.194. The summed E-state index contributed by atoms with van der Waals surface area (Å²) in [6.07, 6.45) is 0.500. The SMILES string of the molecule is CCOc1ccc(C(=O)C(C#N)CC)cc1Cl. The quantitative estimate of drug-likeness (QED) is 0.753. The topological polar surface area (TPSA) is 50.1 Å². The van der Waals surface area contributed by atoms with Crippen LogP contribution in [-0.4, -0.2) is 12.4 Å². The minimum atomic E-state index is -0.607. The maximum atomic E-state index is 11.9. The summed E-state index contributed by atoms with van der Waals surface area (Å²) in [5.41, 5.74) is 0.451. The standard InChI is InChI=1S/C13H14ClNO2/c1-3-9(8-15)13(16)10-5-6-12(17-4-2)11(14)7-10/h5-7,9H,3-4H2,1-2H3. The zero-order chi connectivity index (χ0) is 12.8. The van der Waals surface area contributed by atoms with E-state index in [2.05, 4.69) is 0 Å². The van der Waals surface area contributed by atoms with E-state index in [9.17, 15) is 4.79 Å². The number of ketones is 1. The number of nitriles is 1. The van der Waals surface area contributed by atoms with Crippen LogP contribution in [0, 0.1) is 17.2 Å². The van der Waals surface area contributed by atoms with E-state index in [-0.39, 0.29) is 5.78 Å². The Kier molecular flexibility index (Phi) is 4.99. The Bertz CT molecular complexity index is 451. The van der Waals surface area contributed by atoms with Crippen LogP contribution in [-0.2, 0) is 0 Å². The lowest BCUT2D eigenvalue weighted by Crippen LogP contribution is -2.11. The number of carbonyl (C=O) groups is 1. The van der Waals surface area contributed by atoms with Gasteiger partial charge in [-0.25, -0.2) is 0 Å². The van der Waals surface area contributed by atoms with E-state index in [4.69, 9.17) is 21.6 Å². The molecule has 0 spiro atoms. The number of ether oxygens (including phenoxy) is 1. The van der Waals surface area contributed by atoms with Crippen molar-refractivity contribution in [2.24, 2.45) is 5.92 Å². The molecule has 17 heavy (non-hydrogen) atoms. The van der Waals surface area contributed by atoms with E-state index in [1.165, 1.54) is 0 Å². The van der Waals surface area contributed by atoms with Gasteiger partial charge in [-0.1, -0.05) is 18.5 Å². The molecule has 4 heteroatoms. The van der Waals surface area contributed by atoms with Crippen LogP contribution < -0.4 is 4.74 Å². The molecule has 0 amide bonds. The van der Waals surface area contributed by atoms with Gasteiger partial charge in [0.25, 0.3) is 0 Å². The highest BCUT2D eigenvalue weighted by molar-refractivity contribution is 6.32. The van der Waals surface area contributed by atoms with Crippen LogP contribution in [0.25, 0.3) is 0 Å². The van der Waals surface area contributed by atoms with Gasteiger partial charge in [-0.2, -0.15) is 5.26 Å². The molecular weight excluding hydrogens is 238 g/mol. The molecule has 1 aromatic rings. The van der Waals surface area contributed by atoms with E-state index >= 15 is 0 Å². The lowest BCUT2D eigenvalue weighted by molar-refractivity contribution is 0.0946. The molecule has 0 saturated heterocycles. The molecule has 0 saturated carbocycles. The van der Waals surface area contributed by atoms with Gasteiger partial charge in [-0.15, -0.1) is 0 Å². The second-order valence-corrected chi connectivity index (χ2v) is 3.94. The Morgan fingerprint density at radius 2 is 2.24 bits per heavy atom. The molecule has 0 aromatic heterocycles. The highest BCUT2D eigenvalue weighted by Crippen LogP contribution is 2.26. The summed E-state index contributed by atoms with van der Waals surface area (Å²) in [7, 11) is 0. The van der Waals surface area contributed by atoms with Gasteiger partial charge in [0, 0.05) is 5.56 Å². The lowest BCUT2D eigenvalue weighted by Gasteiger charge is -2.09. The van der Waals surface area contributed by atoms with Gasteiger partial charge >= 0.3 is 0 Å². The van der Waals surface area contributed by atoms with Crippen LogP contribution in [0.15, 0.2) is 18.2 Å². The van der Waals surface area contributed by atoms with Crippen LogP contribution in [0.4, 0.5) is 0 Å². The van der Waals surface area contributed by atoms with Crippen molar-refractivity contribution in [2.45, 2.75) is 20.3 Å². The normalized spacial score (nSPS) is 11.6. The second kappa shape index (κ2) is 6.27. The lowest BCUT2D eigenvalue weighted by atomic mass is 9.97. The van der Waals surface area contributed by atoms with Crippen molar-refractivity contribution in [3.63, 3.8) is 0 Å². The van der Waals surface area contributed by atoms with Crippen LogP contribution in [0.2, 0.25) is 5.02 Å². The first-order valence-electron chi connectivity index (χ1n) is 5.50. The summed E-state index contributed by atoms with van der Waals surface area (Å²) in [6, 6.07) is 6.83. The van der Waals surface area contributed by atoms with E-state index < -0.39 is 5.92 Å². The number of hydrogen-bond donors (Lipinski definition) is 0. The number of rotatable bonds is 5. The van der Waals surface area contributed by atoms with Gasteiger partial charge in [-0.05, 0) is 31.5 Å². The van der Waals surface area contributed by atoms with Crippen LogP contribution in [0.3, 0.4) is 0 Å². The first-order valence-corrected chi connectivity index (χ1v) is 5.88. The molecule has 1 atom stereocenters. The molecule has 0 aliphatic rings. The predicted molar refractivity (Wildman–Crippen MR) is 66.3 cm³/mol.